The highest BCUT2D eigenvalue weighted by Gasteiger charge is 2.35. The van der Waals surface area contributed by atoms with Gasteiger partial charge in [-0.3, -0.25) is 9.59 Å². The summed E-state index contributed by atoms with van der Waals surface area (Å²) in [6, 6.07) is 18.2. The van der Waals surface area contributed by atoms with Crippen molar-refractivity contribution in [1.82, 2.24) is 14.5 Å². The number of anilines is 1. The molecule has 0 saturated carbocycles. The Labute approximate surface area is 244 Å². The Bertz CT molecular complexity index is 1440. The van der Waals surface area contributed by atoms with Crippen LogP contribution in [0.1, 0.15) is 18.1 Å². The van der Waals surface area contributed by atoms with Gasteiger partial charge in [0, 0.05) is 33.6 Å². The Morgan fingerprint density at radius 3 is 2.17 bits per heavy atom. The number of amides is 2. The Balaban J connectivity index is 2.11. The molecular weight excluding hydrogens is 578 g/mol. The smallest absolute Gasteiger partial charge is 0.304 e. The first kappa shape index (κ1) is 31.3. The minimum atomic E-state index is -4.30. The zero-order chi connectivity index (χ0) is 29.4. The van der Waals surface area contributed by atoms with Crippen LogP contribution < -0.4 is 9.62 Å². The normalized spacial score (nSPS) is 12.2. The molecule has 1 unspecified atom stereocenters. The molecule has 0 aliphatic carbocycles. The molecule has 0 aromatic heterocycles. The van der Waals surface area contributed by atoms with Crippen LogP contribution in [0.5, 0.6) is 0 Å². The SMILES string of the molecule is CCNC(=O)C(Cc1ccccc1)N(Cc1ccc(Cl)c(Cl)c1)C(=O)CN(c1ccccc1F)S(=O)(=O)N(C)C. The molecule has 40 heavy (non-hydrogen) atoms. The number of benzene rings is 3. The molecule has 3 aromatic carbocycles. The molecule has 1 atom stereocenters. The van der Waals surface area contributed by atoms with E-state index in [9.17, 15) is 22.4 Å². The zero-order valence-electron chi connectivity index (χ0n) is 22.4. The first-order chi connectivity index (χ1) is 18.9. The van der Waals surface area contributed by atoms with Crippen LogP contribution in [0.15, 0.2) is 72.8 Å². The molecule has 0 fully saturated rings. The van der Waals surface area contributed by atoms with Gasteiger partial charge in [-0.05, 0) is 42.3 Å². The van der Waals surface area contributed by atoms with Crippen LogP contribution in [0.3, 0.4) is 0 Å². The van der Waals surface area contributed by atoms with Gasteiger partial charge in [0.25, 0.3) is 0 Å². The van der Waals surface area contributed by atoms with Gasteiger partial charge in [0.05, 0.1) is 15.7 Å². The molecule has 12 heteroatoms. The Morgan fingerprint density at radius 2 is 1.57 bits per heavy atom. The van der Waals surface area contributed by atoms with Crippen LogP contribution in [0.25, 0.3) is 0 Å². The molecule has 0 heterocycles. The topological polar surface area (TPSA) is 90.0 Å². The summed E-state index contributed by atoms with van der Waals surface area (Å²) in [6.07, 6.45) is 0.153. The average Bonchev–Trinajstić information content (AvgIpc) is 2.92. The molecule has 0 aliphatic heterocycles. The lowest BCUT2D eigenvalue weighted by Crippen LogP contribution is -2.54. The molecule has 8 nitrogen and oxygen atoms in total. The molecule has 214 valence electrons. The molecular formula is C28H31Cl2FN4O4S. The summed E-state index contributed by atoms with van der Waals surface area (Å²) in [6.45, 7) is 1.23. The molecule has 0 radical (unpaired) electrons. The maximum absolute atomic E-state index is 14.8. The van der Waals surface area contributed by atoms with E-state index in [0.29, 0.717) is 21.4 Å². The fraction of sp³-hybridized carbons (Fsp3) is 0.286. The minimum Gasteiger partial charge on any atom is -0.355 e. The van der Waals surface area contributed by atoms with E-state index < -0.39 is 40.4 Å². The second kappa shape index (κ2) is 13.9. The number of halogens is 3. The summed E-state index contributed by atoms with van der Waals surface area (Å²) in [5.74, 6) is -1.96. The number of hydrogen-bond acceptors (Lipinski definition) is 4. The molecule has 0 saturated heterocycles. The molecule has 3 aromatic rings. The van der Waals surface area contributed by atoms with Crippen molar-refractivity contribution in [1.29, 1.82) is 0 Å². The molecule has 0 aliphatic rings. The van der Waals surface area contributed by atoms with E-state index in [1.54, 1.807) is 25.1 Å². The van der Waals surface area contributed by atoms with Crippen LogP contribution in [-0.2, 0) is 32.8 Å². The monoisotopic (exact) mass is 608 g/mol. The molecule has 1 N–H and O–H groups in total. The van der Waals surface area contributed by atoms with Crippen molar-refractivity contribution in [2.45, 2.75) is 25.9 Å². The van der Waals surface area contributed by atoms with E-state index in [2.05, 4.69) is 5.32 Å². The van der Waals surface area contributed by atoms with Crippen LogP contribution in [0.2, 0.25) is 10.0 Å². The van der Waals surface area contributed by atoms with Crippen molar-refractivity contribution in [2.75, 3.05) is 31.5 Å². The van der Waals surface area contributed by atoms with Crippen molar-refractivity contribution in [2.24, 2.45) is 0 Å². The van der Waals surface area contributed by atoms with Crippen LogP contribution in [-0.4, -0.2) is 62.7 Å². The standard InChI is InChI=1S/C28H31Cl2FN4O4S/c1-4-32-28(37)26(17-20-10-6-5-7-11-20)34(18-21-14-15-22(29)23(30)16-21)27(36)19-35(40(38,39)33(2)3)25-13-9-8-12-24(25)31/h5-16,26H,4,17-19H2,1-3H3,(H,32,37). The number of nitrogens with one attached hydrogen (secondary N) is 1. The maximum atomic E-state index is 14.8. The van der Waals surface area contributed by atoms with Crippen molar-refractivity contribution in [3.63, 3.8) is 0 Å². The quantitative estimate of drug-likeness (QED) is 0.327. The average molecular weight is 610 g/mol. The Morgan fingerprint density at radius 1 is 0.925 bits per heavy atom. The first-order valence-corrected chi connectivity index (χ1v) is 14.6. The van der Waals surface area contributed by atoms with E-state index in [0.717, 1.165) is 15.9 Å². The van der Waals surface area contributed by atoms with Crippen molar-refractivity contribution < 1.29 is 22.4 Å². The third-order valence-corrected chi connectivity index (χ3v) is 8.64. The fourth-order valence-electron chi connectivity index (χ4n) is 4.04. The van der Waals surface area contributed by atoms with Gasteiger partial charge in [0.15, 0.2) is 0 Å². The first-order valence-electron chi connectivity index (χ1n) is 12.5. The number of hydrogen-bond donors (Lipinski definition) is 1. The van der Waals surface area contributed by atoms with E-state index in [4.69, 9.17) is 23.2 Å². The third-order valence-electron chi connectivity index (χ3n) is 6.10. The summed E-state index contributed by atoms with van der Waals surface area (Å²) in [4.78, 5) is 28.7. The second-order valence-electron chi connectivity index (χ2n) is 9.12. The van der Waals surface area contributed by atoms with Crippen molar-refractivity contribution in [3.8, 4) is 0 Å². The number of rotatable bonds is 12. The number of nitrogens with zero attached hydrogens (tertiary/aromatic N) is 3. The summed E-state index contributed by atoms with van der Waals surface area (Å²) in [5, 5.41) is 3.34. The lowest BCUT2D eigenvalue weighted by atomic mass is 10.0. The van der Waals surface area contributed by atoms with Gasteiger partial charge in [0.1, 0.15) is 18.4 Å². The van der Waals surface area contributed by atoms with Gasteiger partial charge in [0.2, 0.25) is 11.8 Å². The highest BCUT2D eigenvalue weighted by molar-refractivity contribution is 7.90. The summed E-state index contributed by atoms with van der Waals surface area (Å²) in [7, 11) is -1.73. The lowest BCUT2D eigenvalue weighted by Gasteiger charge is -2.34. The van der Waals surface area contributed by atoms with Gasteiger partial charge in [-0.15, -0.1) is 0 Å². The van der Waals surface area contributed by atoms with Crippen molar-refractivity contribution >= 4 is 50.9 Å². The zero-order valence-corrected chi connectivity index (χ0v) is 24.7. The summed E-state index contributed by atoms with van der Waals surface area (Å²) < 4.78 is 43.0. The second-order valence-corrected chi connectivity index (χ2v) is 12.0. The van der Waals surface area contributed by atoms with Gasteiger partial charge in [-0.1, -0.05) is 71.7 Å². The predicted molar refractivity (Wildman–Crippen MR) is 156 cm³/mol. The van der Waals surface area contributed by atoms with Crippen LogP contribution in [0, 0.1) is 5.82 Å². The van der Waals surface area contributed by atoms with E-state index in [1.807, 2.05) is 30.3 Å². The predicted octanol–water partition coefficient (Wildman–Crippen LogP) is 4.52. The third kappa shape index (κ3) is 7.72. The molecule has 0 bridgehead atoms. The van der Waals surface area contributed by atoms with Crippen LogP contribution >= 0.6 is 23.2 Å². The number of likely N-dealkylation sites (N-methyl/N-ethyl adjacent to an activating group) is 1. The fourth-order valence-corrected chi connectivity index (χ4v) is 5.42. The summed E-state index contributed by atoms with van der Waals surface area (Å²) in [5.41, 5.74) is 1.06. The van der Waals surface area contributed by atoms with E-state index in [1.165, 1.54) is 37.2 Å². The summed E-state index contributed by atoms with van der Waals surface area (Å²) >= 11 is 12.3. The molecule has 3 rings (SSSR count). The minimum absolute atomic E-state index is 0.0858. The van der Waals surface area contributed by atoms with Gasteiger partial charge in [-0.25, -0.2) is 8.70 Å². The van der Waals surface area contributed by atoms with Crippen LogP contribution in [0.4, 0.5) is 10.1 Å². The van der Waals surface area contributed by atoms with Gasteiger partial charge in [-0.2, -0.15) is 12.7 Å². The maximum Gasteiger partial charge on any atom is 0.304 e. The van der Waals surface area contributed by atoms with Crippen molar-refractivity contribution in [3.05, 3.63) is 99.8 Å². The number of carbonyl (C=O) groups is 2. The number of carbonyl (C=O) groups excluding carboxylic acids is 2. The number of para-hydroxylation sites is 1. The van der Waals surface area contributed by atoms with Gasteiger partial charge >= 0.3 is 10.2 Å². The Kier molecular flexibility index (Phi) is 10.9. The highest BCUT2D eigenvalue weighted by Crippen LogP contribution is 2.26. The van der Waals surface area contributed by atoms with E-state index >= 15 is 0 Å². The lowest BCUT2D eigenvalue weighted by molar-refractivity contribution is -0.140. The van der Waals surface area contributed by atoms with Gasteiger partial charge < -0.3 is 10.2 Å². The Hall–Kier alpha value is -3.18. The van der Waals surface area contributed by atoms with E-state index in [-0.39, 0.29) is 23.7 Å². The highest BCUT2D eigenvalue weighted by atomic mass is 35.5. The largest absolute Gasteiger partial charge is 0.355 e. The molecule has 2 amide bonds. The molecule has 0 spiro atoms.